The number of rotatable bonds is 3. The summed E-state index contributed by atoms with van der Waals surface area (Å²) in [6.45, 7) is 2.04. The molecule has 0 saturated carbocycles. The van der Waals surface area contributed by atoms with Gasteiger partial charge in [-0.2, -0.15) is 0 Å². The number of hydrogen-bond acceptors (Lipinski definition) is 3. The third kappa shape index (κ3) is 2.45. The Morgan fingerprint density at radius 1 is 1.37 bits per heavy atom. The molecule has 0 fully saturated rings. The molecule has 1 N–H and O–H groups in total. The maximum atomic E-state index is 4.45. The first-order valence-corrected chi connectivity index (χ1v) is 7.83. The predicted molar refractivity (Wildman–Crippen MR) is 80.8 cm³/mol. The van der Waals surface area contributed by atoms with Gasteiger partial charge in [-0.3, -0.25) is 4.98 Å². The molecule has 0 spiro atoms. The molecule has 0 saturated heterocycles. The Balaban J connectivity index is 1.94. The lowest BCUT2D eigenvalue weighted by Gasteiger charge is -2.30. The van der Waals surface area contributed by atoms with Crippen LogP contribution < -0.4 is 5.32 Å². The second kappa shape index (κ2) is 5.43. The maximum Gasteiger partial charge on any atom is 0.0402 e. The topological polar surface area (TPSA) is 24.9 Å². The Bertz CT molecular complexity index is 544. The van der Waals surface area contributed by atoms with E-state index in [-0.39, 0.29) is 0 Å². The molecule has 1 aliphatic rings. The van der Waals surface area contributed by atoms with E-state index in [9.17, 15) is 0 Å². The number of likely N-dealkylation sites (N-methyl/N-ethyl adjacent to an activating group) is 1. The third-order valence-corrected chi connectivity index (χ3v) is 5.10. The maximum absolute atomic E-state index is 4.45. The summed E-state index contributed by atoms with van der Waals surface area (Å²) in [7, 11) is 2.06. The fourth-order valence-corrected chi connectivity index (χ4v) is 4.13. The van der Waals surface area contributed by atoms with Gasteiger partial charge < -0.3 is 5.32 Å². The van der Waals surface area contributed by atoms with Crippen molar-refractivity contribution in [3.8, 4) is 0 Å². The number of aryl methyl sites for hydroxylation is 2. The standard InChI is InChI=1S/C16H20N2S/c1-11-6-7-12(10-18-11)16(17-2)14-4-3-5-15-13(14)8-9-19-15/h6-10,14,16-17H,3-5H2,1-2H3. The summed E-state index contributed by atoms with van der Waals surface area (Å²) in [6.07, 6.45) is 5.85. The van der Waals surface area contributed by atoms with Gasteiger partial charge in [0.15, 0.2) is 0 Å². The molecular formula is C16H20N2S. The highest BCUT2D eigenvalue weighted by Crippen LogP contribution is 2.42. The van der Waals surface area contributed by atoms with E-state index >= 15 is 0 Å². The van der Waals surface area contributed by atoms with Crippen molar-refractivity contribution in [1.29, 1.82) is 0 Å². The number of fused-ring (bicyclic) bond motifs is 1. The highest BCUT2D eigenvalue weighted by atomic mass is 32.1. The molecule has 1 aliphatic carbocycles. The zero-order valence-corrected chi connectivity index (χ0v) is 12.3. The van der Waals surface area contributed by atoms with Crippen LogP contribution in [0.25, 0.3) is 0 Å². The summed E-state index contributed by atoms with van der Waals surface area (Å²) < 4.78 is 0. The fourth-order valence-electron chi connectivity index (χ4n) is 3.13. The quantitative estimate of drug-likeness (QED) is 0.918. The summed E-state index contributed by atoms with van der Waals surface area (Å²) in [6, 6.07) is 7.01. The van der Waals surface area contributed by atoms with Gasteiger partial charge in [0, 0.05) is 28.7 Å². The van der Waals surface area contributed by atoms with Crippen LogP contribution in [-0.2, 0) is 6.42 Å². The fraction of sp³-hybridized carbons (Fsp3) is 0.438. The Kier molecular flexibility index (Phi) is 3.67. The molecule has 2 nitrogen and oxygen atoms in total. The zero-order chi connectivity index (χ0) is 13.2. The molecule has 2 atom stereocenters. The van der Waals surface area contributed by atoms with Gasteiger partial charge in [-0.25, -0.2) is 0 Å². The molecule has 2 aromatic rings. The van der Waals surface area contributed by atoms with Crippen molar-refractivity contribution >= 4 is 11.3 Å². The minimum absolute atomic E-state index is 0.377. The van der Waals surface area contributed by atoms with Gasteiger partial charge in [0.1, 0.15) is 0 Å². The van der Waals surface area contributed by atoms with E-state index in [1.807, 2.05) is 24.5 Å². The molecule has 3 heteroatoms. The Morgan fingerprint density at radius 2 is 2.26 bits per heavy atom. The van der Waals surface area contributed by atoms with Gasteiger partial charge in [-0.15, -0.1) is 11.3 Å². The average molecular weight is 272 g/mol. The molecule has 2 unspecified atom stereocenters. The summed E-state index contributed by atoms with van der Waals surface area (Å²) in [5.74, 6) is 0.588. The Labute approximate surface area is 118 Å². The Morgan fingerprint density at radius 3 is 3.00 bits per heavy atom. The molecule has 2 heterocycles. The van der Waals surface area contributed by atoms with Crippen LogP contribution in [0.1, 0.15) is 46.5 Å². The molecule has 0 radical (unpaired) electrons. The van der Waals surface area contributed by atoms with Crippen LogP contribution in [0.5, 0.6) is 0 Å². The van der Waals surface area contributed by atoms with Crippen LogP contribution in [0.4, 0.5) is 0 Å². The minimum atomic E-state index is 0.377. The number of aromatic nitrogens is 1. The van der Waals surface area contributed by atoms with Crippen LogP contribution in [0, 0.1) is 6.92 Å². The SMILES string of the molecule is CNC(c1ccc(C)nc1)C1CCCc2sccc21. The molecule has 0 amide bonds. The number of nitrogens with one attached hydrogen (secondary N) is 1. The summed E-state index contributed by atoms with van der Waals surface area (Å²) in [5.41, 5.74) is 3.94. The van der Waals surface area contributed by atoms with Gasteiger partial charge in [0.2, 0.25) is 0 Å². The van der Waals surface area contributed by atoms with Gasteiger partial charge in [-0.05, 0) is 61.9 Å². The first-order chi connectivity index (χ1) is 9.29. The van der Waals surface area contributed by atoms with Crippen LogP contribution in [0.15, 0.2) is 29.8 Å². The van der Waals surface area contributed by atoms with E-state index in [1.165, 1.54) is 24.8 Å². The first-order valence-electron chi connectivity index (χ1n) is 6.95. The van der Waals surface area contributed by atoms with Gasteiger partial charge in [0.05, 0.1) is 0 Å². The van der Waals surface area contributed by atoms with Crippen molar-refractivity contribution in [1.82, 2.24) is 10.3 Å². The van der Waals surface area contributed by atoms with Crippen LogP contribution >= 0.6 is 11.3 Å². The second-order valence-corrected chi connectivity index (χ2v) is 6.30. The van der Waals surface area contributed by atoms with Gasteiger partial charge >= 0.3 is 0 Å². The number of hydrogen-bond donors (Lipinski definition) is 1. The van der Waals surface area contributed by atoms with E-state index in [1.54, 1.807) is 10.4 Å². The van der Waals surface area contributed by atoms with Crippen molar-refractivity contribution in [3.63, 3.8) is 0 Å². The first kappa shape index (κ1) is 12.8. The average Bonchev–Trinajstić information content (AvgIpc) is 2.91. The van der Waals surface area contributed by atoms with E-state index in [2.05, 4.69) is 40.9 Å². The van der Waals surface area contributed by atoms with Crippen molar-refractivity contribution < 1.29 is 0 Å². The lowest BCUT2D eigenvalue weighted by Crippen LogP contribution is -2.26. The predicted octanol–water partition coefficient (Wildman–Crippen LogP) is 3.83. The molecule has 100 valence electrons. The molecule has 19 heavy (non-hydrogen) atoms. The van der Waals surface area contributed by atoms with Crippen LogP contribution in [0.3, 0.4) is 0 Å². The number of thiophene rings is 1. The second-order valence-electron chi connectivity index (χ2n) is 5.30. The summed E-state index contributed by atoms with van der Waals surface area (Å²) in [4.78, 5) is 6.03. The van der Waals surface area contributed by atoms with Gasteiger partial charge in [-0.1, -0.05) is 6.07 Å². The molecule has 0 aromatic carbocycles. The summed E-state index contributed by atoms with van der Waals surface area (Å²) >= 11 is 1.91. The van der Waals surface area contributed by atoms with Crippen molar-refractivity contribution in [2.75, 3.05) is 7.05 Å². The lowest BCUT2D eigenvalue weighted by atomic mass is 9.80. The van der Waals surface area contributed by atoms with E-state index in [4.69, 9.17) is 0 Å². The molecule has 0 bridgehead atoms. The highest BCUT2D eigenvalue weighted by molar-refractivity contribution is 7.10. The minimum Gasteiger partial charge on any atom is -0.312 e. The molecule has 2 aromatic heterocycles. The monoisotopic (exact) mass is 272 g/mol. The third-order valence-electron chi connectivity index (χ3n) is 4.11. The van der Waals surface area contributed by atoms with Crippen molar-refractivity contribution in [2.24, 2.45) is 0 Å². The van der Waals surface area contributed by atoms with E-state index < -0.39 is 0 Å². The van der Waals surface area contributed by atoms with Crippen molar-refractivity contribution in [2.45, 2.75) is 38.1 Å². The molecule has 0 aliphatic heterocycles. The van der Waals surface area contributed by atoms with Crippen LogP contribution in [0.2, 0.25) is 0 Å². The summed E-state index contributed by atoms with van der Waals surface area (Å²) in [5, 5.41) is 5.74. The molecular weight excluding hydrogens is 252 g/mol. The van der Waals surface area contributed by atoms with E-state index in [0.717, 1.165) is 5.69 Å². The smallest absolute Gasteiger partial charge is 0.0402 e. The van der Waals surface area contributed by atoms with Crippen molar-refractivity contribution in [3.05, 3.63) is 51.5 Å². The highest BCUT2D eigenvalue weighted by Gasteiger charge is 2.28. The Hall–Kier alpha value is -1.19. The largest absolute Gasteiger partial charge is 0.312 e. The van der Waals surface area contributed by atoms with E-state index in [0.29, 0.717) is 12.0 Å². The number of pyridine rings is 1. The number of nitrogens with zero attached hydrogens (tertiary/aromatic N) is 1. The lowest BCUT2D eigenvalue weighted by molar-refractivity contribution is 0.427. The van der Waals surface area contributed by atoms with Crippen LogP contribution in [-0.4, -0.2) is 12.0 Å². The van der Waals surface area contributed by atoms with Gasteiger partial charge in [0.25, 0.3) is 0 Å². The molecule has 3 rings (SSSR count). The zero-order valence-electron chi connectivity index (χ0n) is 11.5. The normalized spacial score (nSPS) is 20.0.